The van der Waals surface area contributed by atoms with E-state index in [1.807, 2.05) is 55.2 Å². The average Bonchev–Trinajstić information content (AvgIpc) is 3.10. The zero-order chi connectivity index (χ0) is 14.7. The summed E-state index contributed by atoms with van der Waals surface area (Å²) in [5.41, 5.74) is 3.25. The largest absolute Gasteiger partial charge is 0.419 e. The summed E-state index contributed by atoms with van der Waals surface area (Å²) in [6, 6.07) is 9.75. The van der Waals surface area contributed by atoms with Gasteiger partial charge in [0, 0.05) is 30.4 Å². The Hall–Kier alpha value is -2.47. The Balaban J connectivity index is 1.59. The molecule has 3 rings (SSSR count). The minimum Gasteiger partial charge on any atom is -0.419 e. The Morgan fingerprint density at radius 2 is 1.95 bits per heavy atom. The van der Waals surface area contributed by atoms with E-state index in [4.69, 9.17) is 4.42 Å². The lowest BCUT2D eigenvalue weighted by Crippen LogP contribution is -2.13. The fourth-order valence-corrected chi connectivity index (χ4v) is 2.04. The molecule has 1 N–H and O–H groups in total. The van der Waals surface area contributed by atoms with Gasteiger partial charge in [-0.1, -0.05) is 18.2 Å². The smallest absolute Gasteiger partial charge is 0.247 e. The van der Waals surface area contributed by atoms with Crippen LogP contribution in [0.25, 0.3) is 11.5 Å². The van der Waals surface area contributed by atoms with Crippen molar-refractivity contribution < 1.29 is 4.42 Å². The molecule has 2 heterocycles. The van der Waals surface area contributed by atoms with Crippen molar-refractivity contribution in [1.29, 1.82) is 0 Å². The number of hydrogen-bond donors (Lipinski definition) is 1. The van der Waals surface area contributed by atoms with Gasteiger partial charge in [-0.25, -0.2) is 0 Å². The molecule has 0 unspecified atom stereocenters. The highest BCUT2D eigenvalue weighted by Crippen LogP contribution is 2.16. The van der Waals surface area contributed by atoms with E-state index < -0.39 is 0 Å². The molecule has 0 fully saturated rings. The van der Waals surface area contributed by atoms with Crippen LogP contribution in [0.3, 0.4) is 0 Å². The molecular formula is C15H17N5O. The van der Waals surface area contributed by atoms with Crippen LogP contribution in [0.1, 0.15) is 17.1 Å². The van der Waals surface area contributed by atoms with Crippen LogP contribution in [0.5, 0.6) is 0 Å². The van der Waals surface area contributed by atoms with Gasteiger partial charge >= 0.3 is 0 Å². The molecule has 0 aliphatic heterocycles. The first kappa shape index (κ1) is 13.5. The van der Waals surface area contributed by atoms with E-state index in [0.717, 1.165) is 17.8 Å². The van der Waals surface area contributed by atoms with Crippen LogP contribution >= 0.6 is 0 Å². The molecule has 6 heteroatoms. The van der Waals surface area contributed by atoms with Crippen molar-refractivity contribution in [1.82, 2.24) is 25.3 Å². The van der Waals surface area contributed by atoms with Crippen molar-refractivity contribution in [2.45, 2.75) is 20.0 Å². The quantitative estimate of drug-likeness (QED) is 0.776. The van der Waals surface area contributed by atoms with Gasteiger partial charge in [-0.2, -0.15) is 5.10 Å². The van der Waals surface area contributed by atoms with Gasteiger partial charge in [0.1, 0.15) is 0 Å². The Bertz CT molecular complexity index is 717. The zero-order valence-electron chi connectivity index (χ0n) is 12.1. The van der Waals surface area contributed by atoms with Gasteiger partial charge in [-0.15, -0.1) is 10.2 Å². The highest BCUT2D eigenvalue weighted by atomic mass is 16.4. The fraction of sp³-hybridized carbons (Fsp3) is 0.267. The lowest BCUT2D eigenvalue weighted by Gasteiger charge is -2.01. The minimum absolute atomic E-state index is 0.536. The summed E-state index contributed by atoms with van der Waals surface area (Å²) in [6.07, 6.45) is 1.87. The van der Waals surface area contributed by atoms with Gasteiger partial charge in [0.15, 0.2) is 0 Å². The molecule has 108 valence electrons. The highest BCUT2D eigenvalue weighted by Gasteiger charge is 2.08. The van der Waals surface area contributed by atoms with Crippen LogP contribution < -0.4 is 5.32 Å². The maximum Gasteiger partial charge on any atom is 0.247 e. The third-order valence-electron chi connectivity index (χ3n) is 3.42. The first-order chi connectivity index (χ1) is 10.2. The third kappa shape index (κ3) is 3.00. The molecule has 0 atom stereocenters. The van der Waals surface area contributed by atoms with Crippen molar-refractivity contribution in [3.8, 4) is 11.5 Å². The second-order valence-electron chi connectivity index (χ2n) is 4.85. The number of aryl methyl sites for hydroxylation is 1. The Morgan fingerprint density at radius 1 is 1.14 bits per heavy atom. The molecule has 0 saturated carbocycles. The van der Waals surface area contributed by atoms with Crippen molar-refractivity contribution in [3.63, 3.8) is 0 Å². The number of rotatable bonds is 5. The summed E-state index contributed by atoms with van der Waals surface area (Å²) in [6.45, 7) is 3.31. The van der Waals surface area contributed by atoms with Crippen molar-refractivity contribution in [2.24, 2.45) is 7.05 Å². The van der Waals surface area contributed by atoms with Gasteiger partial charge in [0.2, 0.25) is 11.8 Å². The predicted molar refractivity (Wildman–Crippen MR) is 78.2 cm³/mol. The van der Waals surface area contributed by atoms with Gasteiger partial charge < -0.3 is 9.73 Å². The van der Waals surface area contributed by atoms with E-state index in [9.17, 15) is 0 Å². The standard InChI is InChI=1S/C15H17N5O/c1-11-13(9-17-20(11)2)8-16-10-14-18-19-15(21-14)12-6-4-3-5-7-12/h3-7,9,16H,8,10H2,1-2H3. The topological polar surface area (TPSA) is 68.8 Å². The third-order valence-corrected chi connectivity index (χ3v) is 3.42. The molecule has 6 nitrogen and oxygen atoms in total. The van der Waals surface area contributed by atoms with Gasteiger partial charge in [0.05, 0.1) is 12.7 Å². The van der Waals surface area contributed by atoms with E-state index in [0.29, 0.717) is 18.3 Å². The predicted octanol–water partition coefficient (Wildman–Crippen LogP) is 2.07. The number of benzene rings is 1. The van der Waals surface area contributed by atoms with Crippen molar-refractivity contribution >= 4 is 0 Å². The van der Waals surface area contributed by atoms with Crippen LogP contribution in [0, 0.1) is 6.92 Å². The summed E-state index contributed by atoms with van der Waals surface area (Å²) in [4.78, 5) is 0. The molecular weight excluding hydrogens is 266 g/mol. The first-order valence-corrected chi connectivity index (χ1v) is 6.80. The van der Waals surface area contributed by atoms with Gasteiger partial charge in [0.25, 0.3) is 0 Å². The maximum absolute atomic E-state index is 5.64. The molecule has 0 radical (unpaired) electrons. The Morgan fingerprint density at radius 3 is 2.67 bits per heavy atom. The minimum atomic E-state index is 0.536. The van der Waals surface area contributed by atoms with Crippen LogP contribution in [-0.2, 0) is 20.1 Å². The molecule has 0 amide bonds. The van der Waals surface area contributed by atoms with Crippen LogP contribution in [0.4, 0.5) is 0 Å². The number of nitrogens with one attached hydrogen (secondary N) is 1. The number of hydrogen-bond acceptors (Lipinski definition) is 5. The molecule has 0 bridgehead atoms. The maximum atomic E-state index is 5.64. The molecule has 21 heavy (non-hydrogen) atoms. The van der Waals surface area contributed by atoms with Gasteiger partial charge in [-0.05, 0) is 19.1 Å². The van der Waals surface area contributed by atoms with Crippen LogP contribution in [0.15, 0.2) is 40.9 Å². The molecule has 1 aromatic carbocycles. The monoisotopic (exact) mass is 283 g/mol. The van der Waals surface area contributed by atoms with E-state index >= 15 is 0 Å². The average molecular weight is 283 g/mol. The number of aromatic nitrogens is 4. The Labute approximate surface area is 122 Å². The number of nitrogens with zero attached hydrogens (tertiary/aromatic N) is 4. The van der Waals surface area contributed by atoms with Crippen molar-refractivity contribution in [3.05, 3.63) is 53.7 Å². The fourth-order valence-electron chi connectivity index (χ4n) is 2.04. The molecule has 2 aromatic heterocycles. The van der Waals surface area contributed by atoms with E-state index in [1.54, 1.807) is 0 Å². The molecule has 0 aliphatic rings. The first-order valence-electron chi connectivity index (χ1n) is 6.80. The Kier molecular flexibility index (Phi) is 3.79. The van der Waals surface area contributed by atoms with E-state index in [2.05, 4.69) is 20.6 Å². The lowest BCUT2D eigenvalue weighted by atomic mass is 10.2. The second kappa shape index (κ2) is 5.88. The molecule has 0 saturated heterocycles. The highest BCUT2D eigenvalue weighted by molar-refractivity contribution is 5.51. The summed E-state index contributed by atoms with van der Waals surface area (Å²) in [7, 11) is 1.93. The van der Waals surface area contributed by atoms with Gasteiger partial charge in [-0.3, -0.25) is 4.68 Å². The van der Waals surface area contributed by atoms with Crippen LogP contribution in [-0.4, -0.2) is 20.0 Å². The summed E-state index contributed by atoms with van der Waals surface area (Å²) >= 11 is 0. The summed E-state index contributed by atoms with van der Waals surface area (Å²) < 4.78 is 7.50. The normalized spacial score (nSPS) is 11.0. The molecule has 0 aliphatic carbocycles. The van der Waals surface area contributed by atoms with E-state index in [1.165, 1.54) is 5.56 Å². The SMILES string of the molecule is Cc1c(CNCc2nnc(-c3ccccc3)o2)cnn1C. The van der Waals surface area contributed by atoms with E-state index in [-0.39, 0.29) is 0 Å². The molecule has 0 spiro atoms. The lowest BCUT2D eigenvalue weighted by molar-refractivity contribution is 0.477. The second-order valence-corrected chi connectivity index (χ2v) is 4.85. The zero-order valence-corrected chi connectivity index (χ0v) is 12.1. The van der Waals surface area contributed by atoms with Crippen molar-refractivity contribution in [2.75, 3.05) is 0 Å². The van der Waals surface area contributed by atoms with Crippen LogP contribution in [0.2, 0.25) is 0 Å². The molecule has 3 aromatic rings. The summed E-state index contributed by atoms with van der Waals surface area (Å²) in [5.74, 6) is 1.13. The summed E-state index contributed by atoms with van der Waals surface area (Å²) in [5, 5.41) is 15.6.